The molecule has 1 fully saturated rings. The Kier molecular flexibility index (Phi) is 13.4. The number of aromatic nitrogens is 4. The molecular formula is C42H52IN7O6Si. The van der Waals surface area contributed by atoms with E-state index in [-0.39, 0.29) is 23.1 Å². The zero-order valence-electron chi connectivity index (χ0n) is 33.4. The molecule has 0 bridgehead atoms. The number of nitrogens with one attached hydrogen (secondary N) is 2. The number of amides is 2. The summed E-state index contributed by atoms with van der Waals surface area (Å²) < 4.78 is 20.5. The summed E-state index contributed by atoms with van der Waals surface area (Å²) in [5.74, 6) is 1.24. The molecule has 6 rings (SSSR count). The van der Waals surface area contributed by atoms with Crippen molar-refractivity contribution in [2.24, 2.45) is 0 Å². The molecule has 3 aromatic carbocycles. The van der Waals surface area contributed by atoms with Gasteiger partial charge in [0.25, 0.3) is 8.32 Å². The molecule has 2 atom stereocenters. The molecule has 0 spiro atoms. The fraction of sp³-hybridized carbons (Fsp3) is 0.405. The summed E-state index contributed by atoms with van der Waals surface area (Å²) >= 11 is 2.15. The number of hydrogen-bond acceptors (Lipinski definition) is 9. The molecule has 1 aliphatic heterocycles. The molecule has 57 heavy (non-hydrogen) atoms. The maximum absolute atomic E-state index is 12.4. The Morgan fingerprint density at radius 2 is 1.68 bits per heavy atom. The van der Waals surface area contributed by atoms with Crippen LogP contribution in [0.4, 0.5) is 21.4 Å². The highest BCUT2D eigenvalue weighted by atomic mass is 127. The van der Waals surface area contributed by atoms with Crippen LogP contribution in [-0.2, 0) is 15.7 Å². The molecule has 1 saturated heterocycles. The van der Waals surface area contributed by atoms with Crippen molar-refractivity contribution in [2.75, 3.05) is 38.0 Å². The molecular weight excluding hydrogens is 853 g/mol. The largest absolute Gasteiger partial charge is 0.496 e. The van der Waals surface area contributed by atoms with E-state index in [9.17, 15) is 14.7 Å². The number of benzene rings is 3. The minimum absolute atomic E-state index is 0.0456. The first kappa shape index (κ1) is 41.9. The number of likely N-dealkylation sites (tertiary alicyclic amines) is 1. The number of ether oxygens (including phenoxy) is 2. The van der Waals surface area contributed by atoms with Crippen LogP contribution in [0.5, 0.6) is 5.75 Å². The third-order valence-corrected chi connectivity index (χ3v) is 16.4. The van der Waals surface area contributed by atoms with Gasteiger partial charge >= 0.3 is 12.2 Å². The van der Waals surface area contributed by atoms with Crippen molar-refractivity contribution in [1.82, 2.24) is 24.6 Å². The summed E-state index contributed by atoms with van der Waals surface area (Å²) in [4.78, 5) is 35.3. The second-order valence-electron chi connectivity index (χ2n) is 15.3. The minimum Gasteiger partial charge on any atom is -0.496 e. The van der Waals surface area contributed by atoms with Gasteiger partial charge in [-0.25, -0.2) is 14.6 Å². The van der Waals surface area contributed by atoms with Crippen LogP contribution in [0.25, 0.3) is 11.0 Å². The molecule has 0 aliphatic carbocycles. The van der Waals surface area contributed by atoms with Crippen molar-refractivity contribution < 1.29 is 28.6 Å². The number of carboxylic acid groups (broad SMARTS) is 1. The maximum atomic E-state index is 12.4. The van der Waals surface area contributed by atoms with Gasteiger partial charge in [-0.05, 0) is 75.3 Å². The number of methoxy groups -OCH3 is 2. The van der Waals surface area contributed by atoms with Gasteiger partial charge in [-0.3, -0.25) is 10.00 Å². The monoisotopic (exact) mass is 905 g/mol. The molecule has 2 amide bonds. The molecule has 15 heteroatoms. The van der Waals surface area contributed by atoms with Crippen LogP contribution in [0.2, 0.25) is 5.04 Å². The Labute approximate surface area is 348 Å². The van der Waals surface area contributed by atoms with Gasteiger partial charge in [0.1, 0.15) is 20.5 Å². The molecule has 0 saturated carbocycles. The van der Waals surface area contributed by atoms with E-state index < -0.39 is 20.5 Å². The predicted molar refractivity (Wildman–Crippen MR) is 233 cm³/mol. The van der Waals surface area contributed by atoms with Gasteiger partial charge in [-0.15, -0.1) is 0 Å². The summed E-state index contributed by atoms with van der Waals surface area (Å²) in [5, 5.41) is 23.3. The van der Waals surface area contributed by atoms with Gasteiger partial charge in [0.15, 0.2) is 5.82 Å². The van der Waals surface area contributed by atoms with Crippen molar-refractivity contribution >= 4 is 76.3 Å². The van der Waals surface area contributed by atoms with E-state index in [4.69, 9.17) is 29.0 Å². The Morgan fingerprint density at radius 3 is 2.28 bits per heavy atom. The molecule has 302 valence electrons. The number of hydrogen-bond donors (Lipinski definition) is 3. The standard InChI is InChI=1S/C42H52IN7O6Si/c1-7-15-30(23-25-56-57(42(2,3)4,31-16-10-8-11-17-31)32-18-12-9-13-19-32)44-38-36-35(45-39(46-38)47-40(51)55-6)37(43)48-50(36)27-29-22-21-28(26-34(29)54-5)33-20-14-24-49(33)41(52)53/h8-13,16-19,21-22,26,30,33H,7,14-15,20,23-25,27H2,1-6H3,(H,52,53)(H2,44,45,46,47,51). The summed E-state index contributed by atoms with van der Waals surface area (Å²) in [6.07, 6.45) is 2.41. The lowest BCUT2D eigenvalue weighted by Gasteiger charge is -2.43. The second-order valence-corrected chi connectivity index (χ2v) is 20.6. The fourth-order valence-corrected chi connectivity index (χ4v) is 13.2. The van der Waals surface area contributed by atoms with Gasteiger partial charge in [0.05, 0.1) is 26.8 Å². The van der Waals surface area contributed by atoms with Gasteiger partial charge in [-0.1, -0.05) is 107 Å². The highest BCUT2D eigenvalue weighted by Crippen LogP contribution is 2.38. The third-order valence-electron chi connectivity index (χ3n) is 10.6. The summed E-state index contributed by atoms with van der Waals surface area (Å²) in [6.45, 7) is 10.3. The molecule has 0 radical (unpaired) electrons. The predicted octanol–water partition coefficient (Wildman–Crippen LogP) is 8.03. The van der Waals surface area contributed by atoms with E-state index in [1.807, 2.05) is 35.0 Å². The van der Waals surface area contributed by atoms with E-state index in [0.29, 0.717) is 52.4 Å². The molecule has 2 aromatic heterocycles. The number of rotatable bonds is 15. The molecule has 2 unspecified atom stereocenters. The molecule has 3 heterocycles. The number of nitrogens with zero attached hydrogens (tertiary/aromatic N) is 5. The zero-order chi connectivity index (χ0) is 40.7. The Morgan fingerprint density at radius 1 is 1.00 bits per heavy atom. The van der Waals surface area contributed by atoms with Crippen molar-refractivity contribution in [1.29, 1.82) is 0 Å². The van der Waals surface area contributed by atoms with Crippen LogP contribution in [0.3, 0.4) is 0 Å². The zero-order valence-corrected chi connectivity index (χ0v) is 36.6. The van der Waals surface area contributed by atoms with Crippen LogP contribution in [-0.4, -0.2) is 83.7 Å². The van der Waals surface area contributed by atoms with Crippen molar-refractivity contribution in [2.45, 2.75) is 83.5 Å². The Balaban J connectivity index is 1.34. The van der Waals surface area contributed by atoms with Crippen molar-refractivity contribution in [3.63, 3.8) is 0 Å². The first-order chi connectivity index (χ1) is 27.4. The van der Waals surface area contributed by atoms with Gasteiger partial charge in [0.2, 0.25) is 5.95 Å². The summed E-state index contributed by atoms with van der Waals surface area (Å²) in [5.41, 5.74) is 2.98. The first-order valence-corrected chi connectivity index (χ1v) is 22.4. The highest BCUT2D eigenvalue weighted by molar-refractivity contribution is 14.1. The smallest absolute Gasteiger partial charge is 0.413 e. The van der Waals surface area contributed by atoms with E-state index in [1.165, 1.54) is 22.4 Å². The maximum Gasteiger partial charge on any atom is 0.413 e. The van der Waals surface area contributed by atoms with Crippen molar-refractivity contribution in [3.8, 4) is 5.75 Å². The molecule has 3 N–H and O–H groups in total. The Bertz CT molecular complexity index is 2130. The van der Waals surface area contributed by atoms with Gasteiger partial charge in [0, 0.05) is 24.8 Å². The normalized spacial score (nSPS) is 15.1. The number of anilines is 2. The molecule has 13 nitrogen and oxygen atoms in total. The van der Waals surface area contributed by atoms with E-state index in [0.717, 1.165) is 36.8 Å². The lowest BCUT2D eigenvalue weighted by molar-refractivity contribution is 0.140. The van der Waals surface area contributed by atoms with E-state index >= 15 is 0 Å². The van der Waals surface area contributed by atoms with E-state index in [2.05, 4.69) is 109 Å². The van der Waals surface area contributed by atoms with Crippen LogP contribution in [0.1, 0.15) is 77.0 Å². The third kappa shape index (κ3) is 9.05. The SMILES string of the molecule is CCCC(CCO[Si](c1ccccc1)(c1ccccc1)C(C)(C)C)Nc1nc(NC(=O)OC)nc2c(I)nn(Cc3ccc(C4CCCN4C(=O)O)cc3OC)c12. The van der Waals surface area contributed by atoms with Crippen LogP contribution in [0, 0.1) is 3.70 Å². The summed E-state index contributed by atoms with van der Waals surface area (Å²) in [7, 11) is 0.147. The number of fused-ring (bicyclic) bond motifs is 1. The van der Waals surface area contributed by atoms with Crippen LogP contribution < -0.4 is 25.7 Å². The van der Waals surface area contributed by atoms with Crippen molar-refractivity contribution in [3.05, 3.63) is 93.7 Å². The number of carbonyl (C=O) groups is 2. The highest BCUT2D eigenvalue weighted by Gasteiger charge is 2.50. The fourth-order valence-electron chi connectivity index (χ4n) is 8.01. The first-order valence-electron chi connectivity index (χ1n) is 19.4. The second kappa shape index (κ2) is 18.2. The minimum atomic E-state index is -2.76. The summed E-state index contributed by atoms with van der Waals surface area (Å²) in [6, 6.07) is 26.8. The topological polar surface area (TPSA) is 153 Å². The van der Waals surface area contributed by atoms with Crippen LogP contribution >= 0.6 is 22.6 Å². The molecule has 5 aromatic rings. The molecule has 1 aliphatic rings. The number of halogens is 1. The van der Waals surface area contributed by atoms with Gasteiger partial charge < -0.3 is 29.2 Å². The quantitative estimate of drug-likeness (QED) is 0.0696. The van der Waals surface area contributed by atoms with Crippen LogP contribution in [0.15, 0.2) is 78.9 Å². The Hall–Kier alpha value is -4.74. The lowest BCUT2D eigenvalue weighted by Crippen LogP contribution is -2.66. The average Bonchev–Trinajstić information content (AvgIpc) is 3.82. The van der Waals surface area contributed by atoms with Gasteiger partial charge in [-0.2, -0.15) is 10.1 Å². The number of carbonyl (C=O) groups excluding carboxylic acids is 1. The van der Waals surface area contributed by atoms with E-state index in [1.54, 1.807) is 7.11 Å². The average molecular weight is 906 g/mol. The lowest BCUT2D eigenvalue weighted by atomic mass is 10.0.